The van der Waals surface area contributed by atoms with Crippen LogP contribution in [0.25, 0.3) is 0 Å². The predicted octanol–water partition coefficient (Wildman–Crippen LogP) is 2.09. The van der Waals surface area contributed by atoms with Crippen molar-refractivity contribution in [2.75, 3.05) is 6.54 Å². The van der Waals surface area contributed by atoms with Gasteiger partial charge in [0.25, 0.3) is 0 Å². The van der Waals surface area contributed by atoms with Crippen LogP contribution in [0.2, 0.25) is 0 Å². The lowest BCUT2D eigenvalue weighted by atomic mass is 9.75. The second kappa shape index (κ2) is 5.86. The van der Waals surface area contributed by atoms with Gasteiger partial charge in [0.15, 0.2) is 0 Å². The summed E-state index contributed by atoms with van der Waals surface area (Å²) in [5, 5.41) is 0. The first-order chi connectivity index (χ1) is 11.4. The van der Waals surface area contributed by atoms with Gasteiger partial charge in [-0.05, 0) is 45.4 Å². The molecule has 6 unspecified atom stereocenters. The number of likely N-dealkylation sites (tertiary alicyclic amines) is 1. The number of nitrogens with zero attached hydrogens (tertiary/aromatic N) is 1. The zero-order valence-electron chi connectivity index (χ0n) is 14.7. The Hall–Kier alpha value is -1.31. The smallest absolute Gasteiger partial charge is 0.397 e. The van der Waals surface area contributed by atoms with Crippen molar-refractivity contribution in [2.45, 2.75) is 64.4 Å². The van der Waals surface area contributed by atoms with Crippen LogP contribution in [0.4, 0.5) is 13.2 Å². The number of carbonyl (C=O) groups excluding carboxylic acids is 2. The lowest BCUT2D eigenvalue weighted by molar-refractivity contribution is -0.173. The molecule has 3 fully saturated rings. The standard InChI is InChI=1S/C17H25F3N2O3/c1-16(2,3)15(24)25-14-10-5-8-4-9(12(10)21)13(14)22(7-8)11(23)6-17(18,19)20/h8-10,12-14H,4-7,21H2,1-3H3. The van der Waals surface area contributed by atoms with Gasteiger partial charge >= 0.3 is 12.1 Å². The lowest BCUT2D eigenvalue weighted by Gasteiger charge is -2.44. The fourth-order valence-electron chi connectivity index (χ4n) is 4.67. The van der Waals surface area contributed by atoms with Crippen LogP contribution in [-0.4, -0.2) is 47.7 Å². The van der Waals surface area contributed by atoms with Gasteiger partial charge in [0.1, 0.15) is 12.5 Å². The molecule has 3 rings (SSSR count). The molecular weight excluding hydrogens is 337 g/mol. The zero-order valence-corrected chi connectivity index (χ0v) is 14.7. The molecule has 1 aliphatic heterocycles. The van der Waals surface area contributed by atoms with Crippen molar-refractivity contribution in [1.82, 2.24) is 4.90 Å². The SMILES string of the molecule is CC(C)(C)C(=O)OC1C2CC3CC(C2N)C1N(C(=O)CC(F)(F)F)C3. The molecule has 0 aromatic carbocycles. The summed E-state index contributed by atoms with van der Waals surface area (Å²) in [5.41, 5.74) is 5.56. The molecule has 25 heavy (non-hydrogen) atoms. The van der Waals surface area contributed by atoms with Crippen molar-refractivity contribution < 1.29 is 27.5 Å². The molecule has 8 heteroatoms. The topological polar surface area (TPSA) is 72.6 Å². The minimum atomic E-state index is -4.55. The number of hydrogen-bond donors (Lipinski definition) is 1. The van der Waals surface area contributed by atoms with Crippen LogP contribution < -0.4 is 5.73 Å². The Morgan fingerprint density at radius 3 is 2.32 bits per heavy atom. The second-order valence-corrected chi connectivity index (χ2v) is 8.69. The van der Waals surface area contributed by atoms with Gasteiger partial charge in [-0.2, -0.15) is 13.2 Å². The Morgan fingerprint density at radius 1 is 1.16 bits per heavy atom. The van der Waals surface area contributed by atoms with E-state index in [9.17, 15) is 22.8 Å². The predicted molar refractivity (Wildman–Crippen MR) is 83.2 cm³/mol. The molecule has 2 N–H and O–H groups in total. The van der Waals surface area contributed by atoms with E-state index in [1.165, 1.54) is 4.90 Å². The van der Waals surface area contributed by atoms with Crippen LogP contribution in [0, 0.1) is 23.2 Å². The molecule has 0 radical (unpaired) electrons. The number of carbonyl (C=O) groups is 2. The van der Waals surface area contributed by atoms with E-state index in [4.69, 9.17) is 10.5 Å². The summed E-state index contributed by atoms with van der Waals surface area (Å²) in [6, 6.07) is -0.791. The third-order valence-corrected chi connectivity index (χ3v) is 5.74. The number of hydrogen-bond acceptors (Lipinski definition) is 4. The fraction of sp³-hybridized carbons (Fsp3) is 0.882. The maximum Gasteiger partial charge on any atom is 0.397 e. The monoisotopic (exact) mass is 362 g/mol. The van der Waals surface area contributed by atoms with Crippen LogP contribution in [0.15, 0.2) is 0 Å². The second-order valence-electron chi connectivity index (χ2n) is 8.69. The highest BCUT2D eigenvalue weighted by Gasteiger charge is 2.61. The Bertz CT molecular complexity index is 572. The molecular formula is C17H25F3N2O3. The van der Waals surface area contributed by atoms with E-state index in [0.717, 1.165) is 6.42 Å². The maximum absolute atomic E-state index is 12.7. The van der Waals surface area contributed by atoms with Crippen molar-refractivity contribution >= 4 is 11.9 Å². The first-order valence-electron chi connectivity index (χ1n) is 8.71. The third kappa shape index (κ3) is 3.37. The molecule has 3 aliphatic rings. The molecule has 5 nitrogen and oxygen atoms in total. The number of ether oxygens (including phenoxy) is 1. The Kier molecular flexibility index (Phi) is 4.33. The van der Waals surface area contributed by atoms with Gasteiger partial charge in [-0.1, -0.05) is 0 Å². The van der Waals surface area contributed by atoms with Gasteiger partial charge in [0.2, 0.25) is 5.91 Å². The molecule has 142 valence electrons. The number of nitrogens with two attached hydrogens (primary N) is 1. The minimum Gasteiger partial charge on any atom is -0.459 e. The molecule has 1 amide bonds. The summed E-state index contributed by atoms with van der Waals surface area (Å²) in [4.78, 5) is 25.9. The molecule has 3 bridgehead atoms. The van der Waals surface area contributed by atoms with Crippen molar-refractivity contribution in [3.8, 4) is 0 Å². The number of halogens is 3. The van der Waals surface area contributed by atoms with Gasteiger partial charge in [-0.25, -0.2) is 0 Å². The molecule has 2 saturated carbocycles. The summed E-state index contributed by atoms with van der Waals surface area (Å²) >= 11 is 0. The van der Waals surface area contributed by atoms with Gasteiger partial charge in [0.05, 0.1) is 11.5 Å². The highest BCUT2D eigenvalue weighted by molar-refractivity contribution is 5.78. The number of esters is 1. The normalized spacial score (nSPS) is 37.3. The molecule has 0 aromatic rings. The summed E-state index contributed by atoms with van der Waals surface area (Å²) in [5.74, 6) is -1.43. The van der Waals surface area contributed by atoms with E-state index in [-0.39, 0.29) is 23.8 Å². The van der Waals surface area contributed by atoms with Crippen LogP contribution in [0.5, 0.6) is 0 Å². The molecule has 6 atom stereocenters. The third-order valence-electron chi connectivity index (χ3n) is 5.74. The van der Waals surface area contributed by atoms with E-state index >= 15 is 0 Å². The van der Waals surface area contributed by atoms with E-state index in [1.807, 2.05) is 0 Å². The lowest BCUT2D eigenvalue weighted by Crippen LogP contribution is -2.56. The Morgan fingerprint density at radius 2 is 1.76 bits per heavy atom. The summed E-state index contributed by atoms with van der Waals surface area (Å²) in [6.07, 6.45) is -5.18. The Balaban J connectivity index is 1.86. The van der Waals surface area contributed by atoms with Crippen LogP contribution in [-0.2, 0) is 14.3 Å². The number of alkyl halides is 3. The van der Waals surface area contributed by atoms with Gasteiger partial charge in [0, 0.05) is 18.5 Å². The first kappa shape index (κ1) is 18.5. The molecule has 0 spiro atoms. The van der Waals surface area contributed by atoms with Gasteiger partial charge < -0.3 is 15.4 Å². The number of fused-ring (bicyclic) bond motifs is 2. The molecule has 1 saturated heterocycles. The minimum absolute atomic E-state index is 0.0938. The molecule has 1 heterocycles. The zero-order chi connectivity index (χ0) is 18.7. The fourth-order valence-corrected chi connectivity index (χ4v) is 4.67. The van der Waals surface area contributed by atoms with Crippen LogP contribution >= 0.6 is 0 Å². The van der Waals surface area contributed by atoms with Crippen LogP contribution in [0.1, 0.15) is 40.0 Å². The van der Waals surface area contributed by atoms with Gasteiger partial charge in [-0.3, -0.25) is 9.59 Å². The Labute approximate surface area is 145 Å². The van der Waals surface area contributed by atoms with E-state index in [0.29, 0.717) is 13.0 Å². The largest absolute Gasteiger partial charge is 0.459 e. The number of piperidine rings is 1. The van der Waals surface area contributed by atoms with E-state index in [2.05, 4.69) is 0 Å². The quantitative estimate of drug-likeness (QED) is 0.764. The van der Waals surface area contributed by atoms with E-state index in [1.54, 1.807) is 20.8 Å². The summed E-state index contributed by atoms with van der Waals surface area (Å²) in [6.45, 7) is 5.46. The van der Waals surface area contributed by atoms with Crippen molar-refractivity contribution in [3.05, 3.63) is 0 Å². The van der Waals surface area contributed by atoms with Crippen molar-refractivity contribution in [3.63, 3.8) is 0 Å². The first-order valence-corrected chi connectivity index (χ1v) is 8.71. The highest BCUT2D eigenvalue weighted by Crippen LogP contribution is 2.52. The summed E-state index contributed by atoms with van der Waals surface area (Å²) in [7, 11) is 0. The average Bonchev–Trinajstić information content (AvgIpc) is 2.60. The van der Waals surface area contributed by atoms with Crippen molar-refractivity contribution in [2.24, 2.45) is 28.9 Å². The highest BCUT2D eigenvalue weighted by atomic mass is 19.4. The molecule has 2 aliphatic carbocycles. The number of amides is 1. The number of rotatable bonds is 2. The maximum atomic E-state index is 12.7. The van der Waals surface area contributed by atoms with Gasteiger partial charge in [-0.15, -0.1) is 0 Å². The average molecular weight is 362 g/mol. The van der Waals surface area contributed by atoms with Crippen molar-refractivity contribution in [1.29, 1.82) is 0 Å². The van der Waals surface area contributed by atoms with Crippen LogP contribution in [0.3, 0.4) is 0 Å². The van der Waals surface area contributed by atoms with E-state index < -0.39 is 42.0 Å². The summed E-state index contributed by atoms with van der Waals surface area (Å²) < 4.78 is 43.8. The molecule has 0 aromatic heterocycles.